The maximum absolute atomic E-state index is 11.7. The minimum atomic E-state index is -0.256. The van der Waals surface area contributed by atoms with Gasteiger partial charge in [-0.15, -0.1) is 0 Å². The van der Waals surface area contributed by atoms with Crippen molar-refractivity contribution in [2.45, 2.75) is 12.1 Å². The van der Waals surface area contributed by atoms with Gasteiger partial charge in [-0.05, 0) is 43.3 Å². The van der Waals surface area contributed by atoms with E-state index >= 15 is 0 Å². The van der Waals surface area contributed by atoms with Crippen LogP contribution in [0, 0.1) is 0 Å². The van der Waals surface area contributed by atoms with Gasteiger partial charge >= 0.3 is 5.97 Å². The Labute approximate surface area is 169 Å². The number of ether oxygens (including phenoxy) is 1. The maximum Gasteiger partial charge on any atom is 0.316 e. The number of nitrogens with zero attached hydrogens (tertiary/aromatic N) is 2. The van der Waals surface area contributed by atoms with Crippen LogP contribution in [0.5, 0.6) is 0 Å². The van der Waals surface area contributed by atoms with Crippen molar-refractivity contribution in [3.63, 3.8) is 0 Å². The highest BCUT2D eigenvalue weighted by Crippen LogP contribution is 2.31. The number of hydrogen-bond donors (Lipinski definition) is 0. The number of hydrogen-bond acceptors (Lipinski definition) is 4. The van der Waals surface area contributed by atoms with Crippen molar-refractivity contribution in [3.05, 3.63) is 64.2 Å². The molecule has 0 aliphatic carbocycles. The number of aromatic nitrogens is 2. The second-order valence-corrected chi connectivity index (χ2v) is 7.63. The highest BCUT2D eigenvalue weighted by molar-refractivity contribution is 9.10. The van der Waals surface area contributed by atoms with Gasteiger partial charge in [0.25, 0.3) is 0 Å². The van der Waals surface area contributed by atoms with Gasteiger partial charge in [0.1, 0.15) is 0 Å². The second kappa shape index (κ2) is 8.75. The molecule has 0 unspecified atom stereocenters. The molecular formula is C19H16BrClN2O2S. The molecule has 0 N–H and O–H groups in total. The van der Waals surface area contributed by atoms with Crippen molar-refractivity contribution in [2.75, 3.05) is 12.4 Å². The Hall–Kier alpha value is -1.76. The molecule has 0 aliphatic rings. The highest BCUT2D eigenvalue weighted by atomic mass is 79.9. The molecule has 3 aromatic rings. The standard InChI is InChI=1S/C19H16BrClN2O2S/c1-2-25-18(24)12-26-19-22-11-17(13-3-5-14(20)6-4-13)23(19)16-9-7-15(21)8-10-16/h3-11H,2,12H2,1H3. The highest BCUT2D eigenvalue weighted by Gasteiger charge is 2.16. The monoisotopic (exact) mass is 450 g/mol. The fourth-order valence-electron chi connectivity index (χ4n) is 2.43. The van der Waals surface area contributed by atoms with E-state index in [2.05, 4.69) is 20.9 Å². The molecule has 0 aliphatic heterocycles. The molecule has 3 rings (SSSR count). The zero-order chi connectivity index (χ0) is 18.5. The molecule has 0 fully saturated rings. The largest absolute Gasteiger partial charge is 0.465 e. The number of rotatable bonds is 6. The van der Waals surface area contributed by atoms with Gasteiger partial charge in [-0.1, -0.05) is 51.4 Å². The van der Waals surface area contributed by atoms with Crippen molar-refractivity contribution in [2.24, 2.45) is 0 Å². The van der Waals surface area contributed by atoms with E-state index in [1.165, 1.54) is 11.8 Å². The van der Waals surface area contributed by atoms with Crippen molar-refractivity contribution in [3.8, 4) is 16.9 Å². The normalized spacial score (nSPS) is 10.7. The summed E-state index contributed by atoms with van der Waals surface area (Å²) >= 11 is 10.8. The first-order valence-corrected chi connectivity index (χ1v) is 10.1. The van der Waals surface area contributed by atoms with Crippen LogP contribution in [0.15, 0.2) is 64.4 Å². The molecule has 0 saturated heterocycles. The Kier molecular flexibility index (Phi) is 6.40. The van der Waals surface area contributed by atoms with E-state index in [1.807, 2.05) is 59.3 Å². The molecule has 0 atom stereocenters. The van der Waals surface area contributed by atoms with Crippen LogP contribution in [-0.2, 0) is 9.53 Å². The average Bonchev–Trinajstić information content (AvgIpc) is 3.05. The van der Waals surface area contributed by atoms with Gasteiger partial charge in [0, 0.05) is 20.7 Å². The molecule has 7 heteroatoms. The Balaban J connectivity index is 2.00. The summed E-state index contributed by atoms with van der Waals surface area (Å²) in [6.07, 6.45) is 1.81. The predicted octanol–water partition coefficient (Wildman–Crippen LogP) is 5.61. The van der Waals surface area contributed by atoms with Crippen LogP contribution in [0.1, 0.15) is 6.92 Å². The van der Waals surface area contributed by atoms with E-state index in [1.54, 1.807) is 6.92 Å². The van der Waals surface area contributed by atoms with Crippen LogP contribution >= 0.6 is 39.3 Å². The number of thioether (sulfide) groups is 1. The number of imidazole rings is 1. The van der Waals surface area contributed by atoms with E-state index in [-0.39, 0.29) is 11.7 Å². The van der Waals surface area contributed by atoms with Crippen LogP contribution in [0.25, 0.3) is 16.9 Å². The molecule has 2 aromatic carbocycles. The van der Waals surface area contributed by atoms with Gasteiger partial charge in [0.2, 0.25) is 0 Å². The quantitative estimate of drug-likeness (QED) is 0.361. The van der Waals surface area contributed by atoms with E-state index in [0.29, 0.717) is 11.6 Å². The molecule has 26 heavy (non-hydrogen) atoms. The first-order valence-electron chi connectivity index (χ1n) is 7.96. The smallest absolute Gasteiger partial charge is 0.316 e. The van der Waals surface area contributed by atoms with Crippen molar-refractivity contribution < 1.29 is 9.53 Å². The summed E-state index contributed by atoms with van der Waals surface area (Å²) in [7, 11) is 0. The summed E-state index contributed by atoms with van der Waals surface area (Å²) in [6.45, 7) is 2.16. The summed E-state index contributed by atoms with van der Waals surface area (Å²) in [5.41, 5.74) is 2.89. The van der Waals surface area contributed by atoms with Gasteiger partial charge in [0.05, 0.1) is 24.3 Å². The lowest BCUT2D eigenvalue weighted by Crippen LogP contribution is -2.08. The summed E-state index contributed by atoms with van der Waals surface area (Å²) in [5, 5.41) is 1.39. The third-order valence-electron chi connectivity index (χ3n) is 3.58. The Morgan fingerprint density at radius 1 is 1.19 bits per heavy atom. The van der Waals surface area contributed by atoms with Crippen molar-refractivity contribution >= 4 is 45.3 Å². The zero-order valence-electron chi connectivity index (χ0n) is 14.0. The zero-order valence-corrected chi connectivity index (χ0v) is 17.1. The van der Waals surface area contributed by atoms with Gasteiger partial charge < -0.3 is 4.74 Å². The molecule has 134 valence electrons. The molecule has 1 heterocycles. The molecular weight excluding hydrogens is 436 g/mol. The van der Waals surface area contributed by atoms with Gasteiger partial charge in [0.15, 0.2) is 5.16 Å². The fraction of sp³-hybridized carbons (Fsp3) is 0.158. The lowest BCUT2D eigenvalue weighted by Gasteiger charge is -2.12. The number of halogens is 2. The predicted molar refractivity (Wildman–Crippen MR) is 109 cm³/mol. The minimum absolute atomic E-state index is 0.207. The molecule has 0 radical (unpaired) electrons. The molecule has 1 aromatic heterocycles. The van der Waals surface area contributed by atoms with E-state index in [9.17, 15) is 4.79 Å². The van der Waals surface area contributed by atoms with Crippen LogP contribution < -0.4 is 0 Å². The lowest BCUT2D eigenvalue weighted by atomic mass is 10.1. The topological polar surface area (TPSA) is 44.1 Å². The Bertz CT molecular complexity index is 895. The third-order valence-corrected chi connectivity index (χ3v) is 5.29. The van der Waals surface area contributed by atoms with Crippen LogP contribution in [0.4, 0.5) is 0 Å². The summed E-state index contributed by atoms with van der Waals surface area (Å²) in [4.78, 5) is 16.2. The summed E-state index contributed by atoms with van der Waals surface area (Å²) < 4.78 is 8.04. The SMILES string of the molecule is CCOC(=O)CSc1ncc(-c2ccc(Br)cc2)n1-c1ccc(Cl)cc1. The summed E-state index contributed by atoms with van der Waals surface area (Å²) in [5.74, 6) is -0.0496. The summed E-state index contributed by atoms with van der Waals surface area (Å²) in [6, 6.07) is 15.5. The Morgan fingerprint density at radius 3 is 2.54 bits per heavy atom. The second-order valence-electron chi connectivity index (χ2n) is 5.34. The average molecular weight is 452 g/mol. The van der Waals surface area contributed by atoms with E-state index in [0.717, 1.165) is 26.6 Å². The van der Waals surface area contributed by atoms with E-state index < -0.39 is 0 Å². The molecule has 0 amide bonds. The van der Waals surface area contributed by atoms with Crippen molar-refractivity contribution in [1.82, 2.24) is 9.55 Å². The number of benzene rings is 2. The van der Waals surface area contributed by atoms with Gasteiger partial charge in [-0.3, -0.25) is 9.36 Å². The van der Waals surface area contributed by atoms with Gasteiger partial charge in [-0.2, -0.15) is 0 Å². The Morgan fingerprint density at radius 2 is 1.88 bits per heavy atom. The van der Waals surface area contributed by atoms with Gasteiger partial charge in [-0.25, -0.2) is 4.98 Å². The van der Waals surface area contributed by atoms with Crippen LogP contribution in [0.3, 0.4) is 0 Å². The lowest BCUT2D eigenvalue weighted by molar-refractivity contribution is -0.139. The number of esters is 1. The minimum Gasteiger partial charge on any atom is -0.465 e. The van der Waals surface area contributed by atoms with Crippen LogP contribution in [0.2, 0.25) is 5.02 Å². The number of carbonyl (C=O) groups excluding carboxylic acids is 1. The molecule has 0 saturated carbocycles. The maximum atomic E-state index is 11.7. The fourth-order valence-corrected chi connectivity index (χ4v) is 3.61. The molecule has 0 bridgehead atoms. The van der Waals surface area contributed by atoms with E-state index in [4.69, 9.17) is 16.3 Å². The first kappa shape index (κ1) is 19.0. The third kappa shape index (κ3) is 4.50. The molecule has 0 spiro atoms. The molecule has 4 nitrogen and oxygen atoms in total. The number of carbonyl (C=O) groups is 1. The first-order chi connectivity index (χ1) is 12.6. The van der Waals surface area contributed by atoms with Crippen molar-refractivity contribution in [1.29, 1.82) is 0 Å². The van der Waals surface area contributed by atoms with Crippen LogP contribution in [-0.4, -0.2) is 27.9 Å².